The predicted molar refractivity (Wildman–Crippen MR) is 81.3 cm³/mol. The summed E-state index contributed by atoms with van der Waals surface area (Å²) in [5.41, 5.74) is 7.53. The van der Waals surface area contributed by atoms with Crippen LogP contribution in [0.2, 0.25) is 5.02 Å². The van der Waals surface area contributed by atoms with Crippen molar-refractivity contribution >= 4 is 11.6 Å². The molecule has 0 atom stereocenters. The fourth-order valence-electron chi connectivity index (χ4n) is 1.79. The van der Waals surface area contributed by atoms with Gasteiger partial charge in [0, 0.05) is 17.1 Å². The molecular weight excluding hydrogens is 274 g/mol. The summed E-state index contributed by atoms with van der Waals surface area (Å²) in [7, 11) is 0. The van der Waals surface area contributed by atoms with E-state index in [0.717, 1.165) is 22.6 Å². The molecule has 0 saturated carbocycles. The van der Waals surface area contributed by atoms with E-state index < -0.39 is 0 Å². The van der Waals surface area contributed by atoms with Gasteiger partial charge in [-0.25, -0.2) is 0 Å². The van der Waals surface area contributed by atoms with Gasteiger partial charge in [-0.3, -0.25) is 0 Å². The van der Waals surface area contributed by atoms with E-state index in [1.165, 1.54) is 0 Å². The topological polar surface area (TPSA) is 44.5 Å². The highest BCUT2D eigenvalue weighted by molar-refractivity contribution is 6.31. The molecule has 0 aliphatic heterocycles. The van der Waals surface area contributed by atoms with Gasteiger partial charge in [0.1, 0.15) is 18.1 Å². The van der Waals surface area contributed by atoms with Crippen LogP contribution in [-0.4, -0.2) is 6.61 Å². The Kier molecular flexibility index (Phi) is 5.27. The van der Waals surface area contributed by atoms with Crippen molar-refractivity contribution in [3.63, 3.8) is 0 Å². The molecule has 0 fully saturated rings. The first kappa shape index (κ1) is 14.7. The molecule has 0 spiro atoms. The standard InChI is InChI=1S/C16H18ClNO2/c1-2-19-14-5-7-15(8-6-14)20-11-13-4-3-12(10-18)9-16(13)17/h3-9H,2,10-11,18H2,1H3. The summed E-state index contributed by atoms with van der Waals surface area (Å²) < 4.78 is 11.1. The fraction of sp³-hybridized carbons (Fsp3) is 0.250. The lowest BCUT2D eigenvalue weighted by Gasteiger charge is -2.09. The Morgan fingerprint density at radius 1 is 1.00 bits per heavy atom. The number of rotatable bonds is 6. The molecule has 0 heterocycles. The molecule has 2 N–H and O–H groups in total. The molecule has 0 saturated heterocycles. The van der Waals surface area contributed by atoms with Crippen molar-refractivity contribution in [3.8, 4) is 11.5 Å². The zero-order valence-corrected chi connectivity index (χ0v) is 12.2. The summed E-state index contributed by atoms with van der Waals surface area (Å²) in [6, 6.07) is 13.3. The van der Waals surface area contributed by atoms with E-state index >= 15 is 0 Å². The van der Waals surface area contributed by atoms with Crippen molar-refractivity contribution in [2.75, 3.05) is 6.61 Å². The van der Waals surface area contributed by atoms with Crippen LogP contribution in [0.25, 0.3) is 0 Å². The first-order valence-electron chi connectivity index (χ1n) is 6.56. The quantitative estimate of drug-likeness (QED) is 0.881. The molecular formula is C16H18ClNO2. The monoisotopic (exact) mass is 291 g/mol. The average molecular weight is 292 g/mol. The molecule has 0 bridgehead atoms. The van der Waals surface area contributed by atoms with Gasteiger partial charge < -0.3 is 15.2 Å². The molecule has 0 amide bonds. The maximum absolute atomic E-state index is 6.19. The van der Waals surface area contributed by atoms with Crippen molar-refractivity contribution in [1.29, 1.82) is 0 Å². The van der Waals surface area contributed by atoms with Crippen LogP contribution in [0.4, 0.5) is 0 Å². The smallest absolute Gasteiger partial charge is 0.120 e. The van der Waals surface area contributed by atoms with Crippen LogP contribution in [0.5, 0.6) is 11.5 Å². The Hall–Kier alpha value is -1.71. The van der Waals surface area contributed by atoms with E-state index in [-0.39, 0.29) is 0 Å². The van der Waals surface area contributed by atoms with E-state index in [9.17, 15) is 0 Å². The summed E-state index contributed by atoms with van der Waals surface area (Å²) in [4.78, 5) is 0. The minimum absolute atomic E-state index is 0.428. The zero-order chi connectivity index (χ0) is 14.4. The van der Waals surface area contributed by atoms with Gasteiger partial charge in [0.2, 0.25) is 0 Å². The Morgan fingerprint density at radius 2 is 1.65 bits per heavy atom. The first-order valence-corrected chi connectivity index (χ1v) is 6.93. The molecule has 0 aliphatic carbocycles. The maximum Gasteiger partial charge on any atom is 0.120 e. The minimum Gasteiger partial charge on any atom is -0.494 e. The highest BCUT2D eigenvalue weighted by Crippen LogP contribution is 2.22. The van der Waals surface area contributed by atoms with Crippen LogP contribution in [-0.2, 0) is 13.2 Å². The summed E-state index contributed by atoms with van der Waals surface area (Å²) in [6.07, 6.45) is 0. The summed E-state index contributed by atoms with van der Waals surface area (Å²) in [5, 5.41) is 0.680. The van der Waals surface area contributed by atoms with Gasteiger partial charge in [-0.15, -0.1) is 0 Å². The number of nitrogens with two attached hydrogens (primary N) is 1. The minimum atomic E-state index is 0.428. The van der Waals surface area contributed by atoms with Crippen molar-refractivity contribution < 1.29 is 9.47 Å². The summed E-state index contributed by atoms with van der Waals surface area (Å²) in [6.45, 7) is 3.53. The molecule has 106 valence electrons. The Labute approximate surface area is 124 Å². The van der Waals surface area contributed by atoms with Gasteiger partial charge in [0.05, 0.1) is 6.61 Å². The van der Waals surface area contributed by atoms with E-state index in [2.05, 4.69) is 0 Å². The number of halogens is 1. The second-order valence-corrected chi connectivity index (χ2v) is 4.73. The third-order valence-corrected chi connectivity index (χ3v) is 3.23. The molecule has 2 aromatic rings. The average Bonchev–Trinajstić information content (AvgIpc) is 2.48. The predicted octanol–water partition coefficient (Wildman–Crippen LogP) is 3.78. The zero-order valence-electron chi connectivity index (χ0n) is 11.4. The van der Waals surface area contributed by atoms with E-state index in [1.807, 2.05) is 49.4 Å². The van der Waals surface area contributed by atoms with Gasteiger partial charge in [-0.2, -0.15) is 0 Å². The maximum atomic E-state index is 6.19. The van der Waals surface area contributed by atoms with Crippen LogP contribution in [0, 0.1) is 0 Å². The lowest BCUT2D eigenvalue weighted by molar-refractivity contribution is 0.304. The molecule has 0 aliphatic rings. The van der Waals surface area contributed by atoms with Gasteiger partial charge in [-0.1, -0.05) is 23.7 Å². The highest BCUT2D eigenvalue weighted by Gasteiger charge is 2.03. The van der Waals surface area contributed by atoms with Crippen LogP contribution < -0.4 is 15.2 Å². The Bertz CT molecular complexity index is 555. The molecule has 2 rings (SSSR count). The lowest BCUT2D eigenvalue weighted by Crippen LogP contribution is -2.00. The van der Waals surface area contributed by atoms with E-state index in [0.29, 0.717) is 24.8 Å². The summed E-state index contributed by atoms with van der Waals surface area (Å²) >= 11 is 6.19. The largest absolute Gasteiger partial charge is 0.494 e. The van der Waals surface area contributed by atoms with Crippen LogP contribution in [0.3, 0.4) is 0 Å². The lowest BCUT2D eigenvalue weighted by atomic mass is 10.1. The third kappa shape index (κ3) is 3.89. The number of hydrogen-bond acceptors (Lipinski definition) is 3. The highest BCUT2D eigenvalue weighted by atomic mass is 35.5. The van der Waals surface area contributed by atoms with Gasteiger partial charge in [0.25, 0.3) is 0 Å². The van der Waals surface area contributed by atoms with Crippen molar-refractivity contribution in [2.24, 2.45) is 5.73 Å². The molecule has 20 heavy (non-hydrogen) atoms. The number of benzene rings is 2. The second kappa shape index (κ2) is 7.17. The van der Waals surface area contributed by atoms with Gasteiger partial charge >= 0.3 is 0 Å². The molecule has 0 radical (unpaired) electrons. The van der Waals surface area contributed by atoms with Gasteiger partial charge in [0.15, 0.2) is 0 Å². The second-order valence-electron chi connectivity index (χ2n) is 4.32. The molecule has 3 nitrogen and oxygen atoms in total. The molecule has 2 aromatic carbocycles. The van der Waals surface area contributed by atoms with Crippen molar-refractivity contribution in [2.45, 2.75) is 20.1 Å². The van der Waals surface area contributed by atoms with Crippen LogP contribution in [0.15, 0.2) is 42.5 Å². The fourth-order valence-corrected chi connectivity index (χ4v) is 2.05. The normalized spacial score (nSPS) is 10.3. The molecule has 0 unspecified atom stereocenters. The molecule has 0 aromatic heterocycles. The summed E-state index contributed by atoms with van der Waals surface area (Å²) in [5.74, 6) is 1.62. The van der Waals surface area contributed by atoms with E-state index in [4.69, 9.17) is 26.8 Å². The van der Waals surface area contributed by atoms with Crippen LogP contribution >= 0.6 is 11.6 Å². The first-order chi connectivity index (χ1) is 9.72. The Morgan fingerprint density at radius 3 is 2.20 bits per heavy atom. The van der Waals surface area contributed by atoms with Crippen molar-refractivity contribution in [1.82, 2.24) is 0 Å². The van der Waals surface area contributed by atoms with E-state index in [1.54, 1.807) is 0 Å². The number of ether oxygens (including phenoxy) is 2. The third-order valence-electron chi connectivity index (χ3n) is 2.88. The SMILES string of the molecule is CCOc1ccc(OCc2ccc(CN)cc2Cl)cc1. The van der Waals surface area contributed by atoms with Crippen molar-refractivity contribution in [3.05, 3.63) is 58.6 Å². The number of hydrogen-bond donors (Lipinski definition) is 1. The van der Waals surface area contributed by atoms with Gasteiger partial charge in [-0.05, 0) is 42.8 Å². The Balaban J connectivity index is 1.97. The molecule has 4 heteroatoms. The van der Waals surface area contributed by atoms with Crippen LogP contribution in [0.1, 0.15) is 18.1 Å².